The summed E-state index contributed by atoms with van der Waals surface area (Å²) in [5.74, 6) is 0.686. The summed E-state index contributed by atoms with van der Waals surface area (Å²) in [6.07, 6.45) is 3.50. The van der Waals surface area contributed by atoms with Crippen molar-refractivity contribution >= 4 is 5.97 Å². The molecule has 0 heterocycles. The van der Waals surface area contributed by atoms with E-state index in [4.69, 9.17) is 5.11 Å². The van der Waals surface area contributed by atoms with Crippen LogP contribution in [-0.4, -0.2) is 23.2 Å². The summed E-state index contributed by atoms with van der Waals surface area (Å²) in [7, 11) is 0. The number of rotatable bonds is 3. The van der Waals surface area contributed by atoms with Gasteiger partial charge in [0.25, 0.3) is 0 Å². The lowest BCUT2D eigenvalue weighted by atomic mass is 9.80. The van der Waals surface area contributed by atoms with E-state index < -0.39 is 12.0 Å². The summed E-state index contributed by atoms with van der Waals surface area (Å²) >= 11 is 0. The third kappa shape index (κ3) is 3.29. The second-order valence-electron chi connectivity index (χ2n) is 4.84. The molecule has 2 unspecified atom stereocenters. The number of aliphatic carboxylic acids is 1. The van der Waals surface area contributed by atoms with Gasteiger partial charge in [0.15, 0.2) is 0 Å². The SMILES string of the molecule is CC1CC(C)CC(N[C@H](C)C(=O)O)C1. The van der Waals surface area contributed by atoms with Crippen LogP contribution in [-0.2, 0) is 4.79 Å². The number of hydrogen-bond donors (Lipinski definition) is 2. The van der Waals surface area contributed by atoms with Crippen molar-refractivity contribution in [3.05, 3.63) is 0 Å². The number of nitrogens with one attached hydrogen (secondary N) is 1. The van der Waals surface area contributed by atoms with Gasteiger partial charge in [-0.05, 0) is 38.0 Å². The Kier molecular flexibility index (Phi) is 3.93. The lowest BCUT2D eigenvalue weighted by molar-refractivity contribution is -0.139. The minimum Gasteiger partial charge on any atom is -0.480 e. The van der Waals surface area contributed by atoms with Gasteiger partial charge in [0.2, 0.25) is 0 Å². The molecule has 3 atom stereocenters. The van der Waals surface area contributed by atoms with Gasteiger partial charge >= 0.3 is 5.97 Å². The van der Waals surface area contributed by atoms with Crippen molar-refractivity contribution < 1.29 is 9.90 Å². The third-order valence-electron chi connectivity index (χ3n) is 3.03. The Morgan fingerprint density at radius 3 is 2.21 bits per heavy atom. The number of carboxylic acids is 1. The topological polar surface area (TPSA) is 49.3 Å². The highest BCUT2D eigenvalue weighted by Gasteiger charge is 2.25. The molecule has 0 aromatic rings. The van der Waals surface area contributed by atoms with E-state index in [9.17, 15) is 4.79 Å². The summed E-state index contributed by atoms with van der Waals surface area (Å²) in [5, 5.41) is 12.0. The Hall–Kier alpha value is -0.570. The molecule has 1 fully saturated rings. The predicted octanol–water partition coefficient (Wildman–Crippen LogP) is 1.87. The zero-order chi connectivity index (χ0) is 10.7. The van der Waals surface area contributed by atoms with E-state index in [1.807, 2.05) is 0 Å². The Labute approximate surface area is 85.9 Å². The second-order valence-corrected chi connectivity index (χ2v) is 4.84. The van der Waals surface area contributed by atoms with Crippen LogP contribution in [0.3, 0.4) is 0 Å². The summed E-state index contributed by atoms with van der Waals surface area (Å²) in [4.78, 5) is 10.7. The van der Waals surface area contributed by atoms with E-state index in [-0.39, 0.29) is 0 Å². The lowest BCUT2D eigenvalue weighted by Crippen LogP contribution is -2.44. The Balaban J connectivity index is 2.40. The van der Waals surface area contributed by atoms with E-state index in [1.54, 1.807) is 6.92 Å². The van der Waals surface area contributed by atoms with Gasteiger partial charge in [-0.15, -0.1) is 0 Å². The average Bonchev–Trinajstić information content (AvgIpc) is 2.01. The van der Waals surface area contributed by atoms with Crippen LogP contribution in [0.15, 0.2) is 0 Å². The molecule has 2 N–H and O–H groups in total. The van der Waals surface area contributed by atoms with E-state index in [1.165, 1.54) is 6.42 Å². The smallest absolute Gasteiger partial charge is 0.320 e. The Morgan fingerprint density at radius 1 is 1.29 bits per heavy atom. The molecule has 0 aliphatic heterocycles. The van der Waals surface area contributed by atoms with Crippen molar-refractivity contribution in [2.75, 3.05) is 0 Å². The first-order valence-electron chi connectivity index (χ1n) is 5.48. The predicted molar refractivity (Wildman–Crippen MR) is 56.2 cm³/mol. The fourth-order valence-corrected chi connectivity index (χ4v) is 2.51. The zero-order valence-electron chi connectivity index (χ0n) is 9.29. The third-order valence-corrected chi connectivity index (χ3v) is 3.03. The highest BCUT2D eigenvalue weighted by molar-refractivity contribution is 5.72. The molecular formula is C11H21NO2. The highest BCUT2D eigenvalue weighted by atomic mass is 16.4. The molecule has 1 saturated carbocycles. The first kappa shape index (κ1) is 11.5. The monoisotopic (exact) mass is 199 g/mol. The van der Waals surface area contributed by atoms with Crippen molar-refractivity contribution in [3.8, 4) is 0 Å². The molecule has 0 bridgehead atoms. The molecule has 0 aromatic heterocycles. The molecule has 1 rings (SSSR count). The highest BCUT2D eigenvalue weighted by Crippen LogP contribution is 2.28. The van der Waals surface area contributed by atoms with Crippen LogP contribution in [0, 0.1) is 11.8 Å². The first-order valence-corrected chi connectivity index (χ1v) is 5.48. The first-order chi connectivity index (χ1) is 6.49. The van der Waals surface area contributed by atoms with Gasteiger partial charge in [0.1, 0.15) is 6.04 Å². The van der Waals surface area contributed by atoms with Crippen LogP contribution in [0.2, 0.25) is 0 Å². The largest absolute Gasteiger partial charge is 0.480 e. The van der Waals surface area contributed by atoms with E-state index >= 15 is 0 Å². The fourth-order valence-electron chi connectivity index (χ4n) is 2.51. The minimum atomic E-state index is -0.754. The van der Waals surface area contributed by atoms with Crippen LogP contribution in [0.25, 0.3) is 0 Å². The van der Waals surface area contributed by atoms with Crippen molar-refractivity contribution in [3.63, 3.8) is 0 Å². The lowest BCUT2D eigenvalue weighted by Gasteiger charge is -2.33. The van der Waals surface area contributed by atoms with Crippen molar-refractivity contribution in [2.45, 2.75) is 52.1 Å². The van der Waals surface area contributed by atoms with Crippen LogP contribution in [0.1, 0.15) is 40.0 Å². The molecular weight excluding hydrogens is 178 g/mol. The van der Waals surface area contributed by atoms with Gasteiger partial charge in [-0.25, -0.2) is 0 Å². The number of carbonyl (C=O) groups is 1. The molecule has 0 radical (unpaired) electrons. The van der Waals surface area contributed by atoms with Crippen LogP contribution in [0.5, 0.6) is 0 Å². The molecule has 0 spiro atoms. The van der Waals surface area contributed by atoms with Gasteiger partial charge in [0.05, 0.1) is 0 Å². The normalized spacial score (nSPS) is 35.2. The maximum Gasteiger partial charge on any atom is 0.320 e. The molecule has 3 nitrogen and oxygen atoms in total. The fraction of sp³-hybridized carbons (Fsp3) is 0.909. The maximum absolute atomic E-state index is 10.7. The van der Waals surface area contributed by atoms with Crippen LogP contribution >= 0.6 is 0 Å². The van der Waals surface area contributed by atoms with E-state index in [2.05, 4.69) is 19.2 Å². The maximum atomic E-state index is 10.7. The summed E-state index contributed by atoms with van der Waals surface area (Å²) in [5.41, 5.74) is 0. The van der Waals surface area contributed by atoms with Crippen LogP contribution in [0.4, 0.5) is 0 Å². The van der Waals surface area contributed by atoms with Gasteiger partial charge in [-0.1, -0.05) is 13.8 Å². The van der Waals surface area contributed by atoms with Crippen molar-refractivity contribution in [1.82, 2.24) is 5.32 Å². The molecule has 82 valence electrons. The van der Waals surface area contributed by atoms with Crippen LogP contribution < -0.4 is 5.32 Å². The van der Waals surface area contributed by atoms with Gasteiger partial charge in [-0.2, -0.15) is 0 Å². The molecule has 1 aliphatic rings. The van der Waals surface area contributed by atoms with Crippen molar-refractivity contribution in [1.29, 1.82) is 0 Å². The molecule has 0 amide bonds. The van der Waals surface area contributed by atoms with Gasteiger partial charge in [0, 0.05) is 6.04 Å². The summed E-state index contributed by atoms with van der Waals surface area (Å²) in [6, 6.07) is -0.0302. The van der Waals surface area contributed by atoms with Crippen molar-refractivity contribution in [2.24, 2.45) is 11.8 Å². The number of carboxylic acid groups (broad SMARTS) is 1. The van der Waals surface area contributed by atoms with Gasteiger partial charge < -0.3 is 10.4 Å². The second kappa shape index (κ2) is 4.78. The summed E-state index contributed by atoms with van der Waals surface area (Å²) in [6.45, 7) is 6.21. The standard InChI is InChI=1S/C11H21NO2/c1-7-4-8(2)6-10(5-7)12-9(3)11(13)14/h7-10,12H,4-6H2,1-3H3,(H,13,14)/t7?,8?,9-,10?/m1/s1. The Morgan fingerprint density at radius 2 is 1.79 bits per heavy atom. The van der Waals surface area contributed by atoms with E-state index in [0.717, 1.165) is 24.7 Å². The molecule has 1 aliphatic carbocycles. The van der Waals surface area contributed by atoms with E-state index in [0.29, 0.717) is 6.04 Å². The molecule has 14 heavy (non-hydrogen) atoms. The Bertz CT molecular complexity index is 195. The average molecular weight is 199 g/mol. The quantitative estimate of drug-likeness (QED) is 0.729. The minimum absolute atomic E-state index is 0.389. The van der Waals surface area contributed by atoms with Gasteiger partial charge in [-0.3, -0.25) is 4.79 Å². The molecule has 3 heteroatoms. The zero-order valence-corrected chi connectivity index (χ0v) is 9.29. The summed E-state index contributed by atoms with van der Waals surface area (Å²) < 4.78 is 0. The molecule has 0 aromatic carbocycles. The molecule has 0 saturated heterocycles. The number of hydrogen-bond acceptors (Lipinski definition) is 2.